The Bertz CT molecular complexity index is 475. The standard InChI is InChI=1S/C9H5BrO2S/c10-6-4-13-7-3-1-2-5(8(6)7)9(11)12/h1-4H,(H,11,12). The van der Waals surface area contributed by atoms with Gasteiger partial charge in [0.05, 0.1) is 5.56 Å². The van der Waals surface area contributed by atoms with Crippen LogP contribution in [0, 0.1) is 0 Å². The van der Waals surface area contributed by atoms with Crippen molar-refractivity contribution in [2.24, 2.45) is 0 Å². The first-order valence-electron chi connectivity index (χ1n) is 3.59. The smallest absolute Gasteiger partial charge is 0.336 e. The van der Waals surface area contributed by atoms with Gasteiger partial charge in [0.2, 0.25) is 0 Å². The van der Waals surface area contributed by atoms with E-state index in [0.29, 0.717) is 5.56 Å². The number of benzene rings is 1. The largest absolute Gasteiger partial charge is 0.478 e. The second-order valence-electron chi connectivity index (χ2n) is 2.57. The molecule has 0 aliphatic carbocycles. The number of hydrogen-bond acceptors (Lipinski definition) is 2. The highest BCUT2D eigenvalue weighted by Gasteiger charge is 2.11. The highest BCUT2D eigenvalue weighted by atomic mass is 79.9. The summed E-state index contributed by atoms with van der Waals surface area (Å²) < 4.78 is 1.84. The Morgan fingerprint density at radius 1 is 1.46 bits per heavy atom. The fraction of sp³-hybridized carbons (Fsp3) is 0. The predicted octanol–water partition coefficient (Wildman–Crippen LogP) is 3.36. The van der Waals surface area contributed by atoms with Gasteiger partial charge in [0.25, 0.3) is 0 Å². The number of thiophene rings is 1. The summed E-state index contributed by atoms with van der Waals surface area (Å²) in [6.45, 7) is 0. The van der Waals surface area contributed by atoms with Crippen molar-refractivity contribution in [3.05, 3.63) is 33.6 Å². The van der Waals surface area contributed by atoms with Gasteiger partial charge in [-0.25, -0.2) is 4.79 Å². The van der Waals surface area contributed by atoms with E-state index in [0.717, 1.165) is 14.6 Å². The molecule has 2 rings (SSSR count). The second kappa shape index (κ2) is 3.12. The van der Waals surface area contributed by atoms with Crippen LogP contribution in [0.2, 0.25) is 0 Å². The molecule has 1 heterocycles. The van der Waals surface area contributed by atoms with E-state index in [2.05, 4.69) is 15.9 Å². The molecule has 1 N–H and O–H groups in total. The third-order valence-electron chi connectivity index (χ3n) is 1.78. The van der Waals surface area contributed by atoms with Crippen LogP contribution in [0.5, 0.6) is 0 Å². The maximum atomic E-state index is 10.8. The summed E-state index contributed by atoms with van der Waals surface area (Å²) in [6, 6.07) is 5.29. The third-order valence-corrected chi connectivity index (χ3v) is 3.66. The van der Waals surface area contributed by atoms with Gasteiger partial charge in [-0.2, -0.15) is 0 Å². The van der Waals surface area contributed by atoms with Crippen LogP contribution in [-0.4, -0.2) is 11.1 Å². The number of carboxylic acid groups (broad SMARTS) is 1. The Hall–Kier alpha value is -0.870. The molecule has 0 atom stereocenters. The topological polar surface area (TPSA) is 37.3 Å². The molecule has 66 valence electrons. The van der Waals surface area contributed by atoms with Gasteiger partial charge in [0.1, 0.15) is 0 Å². The molecule has 0 unspecified atom stereocenters. The van der Waals surface area contributed by atoms with Crippen LogP contribution < -0.4 is 0 Å². The van der Waals surface area contributed by atoms with Crippen LogP contribution in [0.4, 0.5) is 0 Å². The van der Waals surface area contributed by atoms with Gasteiger partial charge in [-0.15, -0.1) is 11.3 Å². The highest BCUT2D eigenvalue weighted by molar-refractivity contribution is 9.10. The van der Waals surface area contributed by atoms with Crippen molar-refractivity contribution >= 4 is 43.3 Å². The van der Waals surface area contributed by atoms with E-state index in [9.17, 15) is 4.79 Å². The van der Waals surface area contributed by atoms with Crippen molar-refractivity contribution in [2.75, 3.05) is 0 Å². The number of halogens is 1. The van der Waals surface area contributed by atoms with Crippen LogP contribution >= 0.6 is 27.3 Å². The minimum absolute atomic E-state index is 0.352. The summed E-state index contributed by atoms with van der Waals surface area (Å²) in [6.07, 6.45) is 0. The van der Waals surface area contributed by atoms with Crippen molar-refractivity contribution in [3.63, 3.8) is 0 Å². The molecule has 0 radical (unpaired) electrons. The fourth-order valence-electron chi connectivity index (χ4n) is 1.23. The molecule has 1 aromatic carbocycles. The average molecular weight is 257 g/mol. The van der Waals surface area contributed by atoms with E-state index < -0.39 is 5.97 Å². The van der Waals surface area contributed by atoms with Gasteiger partial charge in [-0.05, 0) is 28.1 Å². The van der Waals surface area contributed by atoms with Gasteiger partial charge < -0.3 is 5.11 Å². The number of rotatable bonds is 1. The zero-order chi connectivity index (χ0) is 9.42. The zero-order valence-corrected chi connectivity index (χ0v) is 8.85. The van der Waals surface area contributed by atoms with Crippen molar-refractivity contribution in [2.45, 2.75) is 0 Å². The number of hydrogen-bond donors (Lipinski definition) is 1. The summed E-state index contributed by atoms with van der Waals surface area (Å²) >= 11 is 4.87. The minimum Gasteiger partial charge on any atom is -0.478 e. The van der Waals surface area contributed by atoms with Gasteiger partial charge in [-0.3, -0.25) is 0 Å². The molecule has 1 aromatic heterocycles. The van der Waals surface area contributed by atoms with Gasteiger partial charge in [0.15, 0.2) is 0 Å². The predicted molar refractivity (Wildman–Crippen MR) is 56.5 cm³/mol. The number of carbonyl (C=O) groups is 1. The molecule has 0 aliphatic rings. The first-order valence-corrected chi connectivity index (χ1v) is 5.26. The summed E-state index contributed by atoms with van der Waals surface area (Å²) in [5.74, 6) is -0.885. The lowest BCUT2D eigenvalue weighted by Gasteiger charge is -1.96. The van der Waals surface area contributed by atoms with E-state index >= 15 is 0 Å². The minimum atomic E-state index is -0.885. The molecular formula is C9H5BrO2S. The molecule has 4 heteroatoms. The maximum absolute atomic E-state index is 10.8. The van der Waals surface area contributed by atoms with Crippen LogP contribution in [0.3, 0.4) is 0 Å². The number of fused-ring (bicyclic) bond motifs is 1. The first-order chi connectivity index (χ1) is 6.20. The van der Waals surface area contributed by atoms with Crippen molar-refractivity contribution in [1.29, 1.82) is 0 Å². The molecule has 0 amide bonds. The molecular weight excluding hydrogens is 252 g/mol. The SMILES string of the molecule is O=C(O)c1cccc2scc(Br)c12. The van der Waals surface area contributed by atoms with Crippen LogP contribution in [-0.2, 0) is 0 Å². The van der Waals surface area contributed by atoms with Crippen molar-refractivity contribution < 1.29 is 9.90 Å². The molecule has 2 nitrogen and oxygen atoms in total. The second-order valence-corrected chi connectivity index (χ2v) is 4.33. The van der Waals surface area contributed by atoms with Crippen molar-refractivity contribution in [1.82, 2.24) is 0 Å². The Labute approximate surface area is 86.9 Å². The monoisotopic (exact) mass is 256 g/mol. The summed E-state index contributed by atoms with van der Waals surface area (Å²) in [7, 11) is 0. The average Bonchev–Trinajstić information content (AvgIpc) is 2.48. The van der Waals surface area contributed by atoms with E-state index in [4.69, 9.17) is 5.11 Å². The van der Waals surface area contributed by atoms with E-state index in [1.165, 1.54) is 11.3 Å². The summed E-state index contributed by atoms with van der Waals surface area (Å²) in [5.41, 5.74) is 0.352. The number of carboxylic acids is 1. The van der Waals surface area contributed by atoms with Gasteiger partial charge in [-0.1, -0.05) is 6.07 Å². The van der Waals surface area contributed by atoms with E-state index in [1.54, 1.807) is 12.1 Å². The zero-order valence-electron chi connectivity index (χ0n) is 6.45. The van der Waals surface area contributed by atoms with E-state index in [1.807, 2.05) is 11.4 Å². The lowest BCUT2D eigenvalue weighted by Crippen LogP contribution is -1.95. The first kappa shape index (κ1) is 8.72. The Morgan fingerprint density at radius 2 is 2.23 bits per heavy atom. The Balaban J connectivity index is 2.88. The molecule has 13 heavy (non-hydrogen) atoms. The summed E-state index contributed by atoms with van der Waals surface area (Å²) in [5, 5.41) is 11.6. The molecule has 2 aromatic rings. The third kappa shape index (κ3) is 1.36. The van der Waals surface area contributed by atoms with Crippen LogP contribution in [0.15, 0.2) is 28.1 Å². The lowest BCUT2D eigenvalue weighted by atomic mass is 10.1. The molecule has 0 aliphatic heterocycles. The van der Waals surface area contributed by atoms with Gasteiger partial charge in [0, 0.05) is 19.9 Å². The Kier molecular flexibility index (Phi) is 2.09. The normalized spacial score (nSPS) is 10.5. The van der Waals surface area contributed by atoms with Crippen LogP contribution in [0.1, 0.15) is 10.4 Å². The number of aromatic carboxylic acids is 1. The van der Waals surface area contributed by atoms with E-state index in [-0.39, 0.29) is 0 Å². The molecule has 0 saturated heterocycles. The molecule has 0 fully saturated rings. The fourth-order valence-corrected chi connectivity index (χ4v) is 2.91. The molecule has 0 bridgehead atoms. The maximum Gasteiger partial charge on any atom is 0.336 e. The Morgan fingerprint density at radius 3 is 2.92 bits per heavy atom. The quantitative estimate of drug-likeness (QED) is 0.850. The molecule has 0 spiro atoms. The van der Waals surface area contributed by atoms with Crippen molar-refractivity contribution in [3.8, 4) is 0 Å². The lowest BCUT2D eigenvalue weighted by molar-refractivity contribution is 0.0699. The molecule has 0 saturated carbocycles. The highest BCUT2D eigenvalue weighted by Crippen LogP contribution is 2.32. The van der Waals surface area contributed by atoms with Gasteiger partial charge >= 0.3 is 5.97 Å². The summed E-state index contributed by atoms with van der Waals surface area (Å²) in [4.78, 5) is 10.8. The van der Waals surface area contributed by atoms with Crippen LogP contribution in [0.25, 0.3) is 10.1 Å².